The molecule has 0 spiro atoms. The van der Waals surface area contributed by atoms with E-state index in [2.05, 4.69) is 44.9 Å². The summed E-state index contributed by atoms with van der Waals surface area (Å²) < 4.78 is 0. The molecule has 1 amide bonds. The Morgan fingerprint density at radius 1 is 1.21 bits per heavy atom. The van der Waals surface area contributed by atoms with Crippen molar-refractivity contribution in [3.63, 3.8) is 0 Å². The quantitative estimate of drug-likeness (QED) is 0.322. The maximum Gasteiger partial charge on any atom is 0.267 e. The smallest absolute Gasteiger partial charge is 0.267 e. The van der Waals surface area contributed by atoms with Gasteiger partial charge in [-0.3, -0.25) is 15.0 Å². The number of nitrogens with one attached hydrogen (secondary N) is 3. The van der Waals surface area contributed by atoms with Crippen LogP contribution in [0.1, 0.15) is 24.1 Å². The molecule has 1 aromatic heterocycles. The number of hydroxylamine groups is 1. The van der Waals surface area contributed by atoms with Crippen LogP contribution in [-0.4, -0.2) is 39.7 Å². The predicted molar refractivity (Wildman–Crippen MR) is 114 cm³/mol. The minimum Gasteiger partial charge on any atom is -0.362 e. The van der Waals surface area contributed by atoms with Gasteiger partial charge in [0.05, 0.1) is 23.6 Å². The van der Waals surface area contributed by atoms with Crippen LogP contribution in [0.15, 0.2) is 48.8 Å². The maximum atomic E-state index is 11.0. The Hall–Kier alpha value is -2.19. The van der Waals surface area contributed by atoms with E-state index in [0.29, 0.717) is 11.5 Å². The molecule has 9 heteroatoms. The van der Waals surface area contributed by atoms with Crippen molar-refractivity contribution in [3.05, 3.63) is 60.1 Å². The summed E-state index contributed by atoms with van der Waals surface area (Å²) in [6, 6.07) is 10.4. The highest BCUT2D eigenvalue weighted by Gasteiger charge is 2.32. The average molecular weight is 426 g/mol. The van der Waals surface area contributed by atoms with E-state index in [4.69, 9.17) is 5.21 Å². The van der Waals surface area contributed by atoms with Crippen LogP contribution in [0.25, 0.3) is 6.08 Å². The van der Waals surface area contributed by atoms with Crippen molar-refractivity contribution in [1.29, 1.82) is 0 Å². The molecule has 28 heavy (non-hydrogen) atoms. The van der Waals surface area contributed by atoms with Crippen molar-refractivity contribution in [2.24, 2.45) is 0 Å². The van der Waals surface area contributed by atoms with Gasteiger partial charge < -0.3 is 10.6 Å². The monoisotopic (exact) mass is 425 g/mol. The number of benzene rings is 1. The predicted octanol–water partition coefficient (Wildman–Crippen LogP) is 2.62. The van der Waals surface area contributed by atoms with Gasteiger partial charge in [0, 0.05) is 12.6 Å². The van der Waals surface area contributed by atoms with Crippen molar-refractivity contribution >= 4 is 42.6 Å². The highest BCUT2D eigenvalue weighted by atomic mass is 35.5. The summed E-state index contributed by atoms with van der Waals surface area (Å²) in [6.45, 7) is 1.89. The number of carbonyl (C=O) groups is 1. The van der Waals surface area contributed by atoms with Crippen molar-refractivity contribution in [3.8, 4) is 0 Å². The largest absolute Gasteiger partial charge is 0.362 e. The minimum absolute atomic E-state index is 0. The summed E-state index contributed by atoms with van der Waals surface area (Å²) in [6.07, 6.45) is 9.00. The third kappa shape index (κ3) is 6.76. The lowest BCUT2D eigenvalue weighted by Gasteiger charge is -2.39. The number of nitrogens with zero attached hydrogens (tertiary/aromatic N) is 2. The molecule has 2 heterocycles. The lowest BCUT2D eigenvalue weighted by atomic mass is 9.84. The normalized spacial score (nSPS) is 18.6. The molecule has 1 aliphatic rings. The number of aromatic nitrogens is 2. The molecule has 1 atom stereocenters. The van der Waals surface area contributed by atoms with Gasteiger partial charge in [-0.25, -0.2) is 10.5 Å². The molecule has 0 saturated carbocycles. The van der Waals surface area contributed by atoms with Gasteiger partial charge in [-0.15, -0.1) is 24.8 Å². The second-order valence-electron chi connectivity index (χ2n) is 6.48. The van der Waals surface area contributed by atoms with Crippen LogP contribution in [0, 0.1) is 0 Å². The Kier molecular flexibility index (Phi) is 9.89. The standard InChI is InChI=1S/C19H23N5O2.2ClH/c25-18(24-26)8-7-16-12-22-17(13-21-16)23-19(9-4-10-20-14-19)11-15-5-2-1-3-6-15;;/h1-3,5-8,12-13,20,26H,4,9-11,14H2,(H,22,23)(H,24,25);2*1H/b8-7+;;/t19-;;/m1../s1. The van der Waals surface area contributed by atoms with Crippen molar-refractivity contribution in [2.75, 3.05) is 18.4 Å². The summed E-state index contributed by atoms with van der Waals surface area (Å²) in [5, 5.41) is 15.5. The van der Waals surface area contributed by atoms with Crippen molar-refractivity contribution in [1.82, 2.24) is 20.8 Å². The Morgan fingerprint density at radius 2 is 2.00 bits per heavy atom. The number of anilines is 1. The van der Waals surface area contributed by atoms with Crippen LogP contribution in [0.3, 0.4) is 0 Å². The second kappa shape index (κ2) is 11.6. The van der Waals surface area contributed by atoms with E-state index >= 15 is 0 Å². The second-order valence-corrected chi connectivity index (χ2v) is 6.48. The van der Waals surface area contributed by atoms with Crippen LogP contribution in [0.2, 0.25) is 0 Å². The van der Waals surface area contributed by atoms with Gasteiger partial charge in [-0.2, -0.15) is 0 Å². The Morgan fingerprint density at radius 3 is 2.61 bits per heavy atom. The van der Waals surface area contributed by atoms with E-state index in [0.717, 1.165) is 32.4 Å². The molecular weight excluding hydrogens is 401 g/mol. The van der Waals surface area contributed by atoms with Gasteiger partial charge in [0.2, 0.25) is 0 Å². The SMILES string of the molecule is Cl.Cl.O=C(/C=C/c1cnc(N[C@@]2(Cc3ccccc3)CCCNC2)cn1)NO. The highest BCUT2D eigenvalue weighted by Crippen LogP contribution is 2.25. The van der Waals surface area contributed by atoms with Crippen LogP contribution in [-0.2, 0) is 11.2 Å². The highest BCUT2D eigenvalue weighted by molar-refractivity contribution is 5.90. The average Bonchev–Trinajstić information content (AvgIpc) is 2.68. The van der Waals surface area contributed by atoms with Crippen LogP contribution >= 0.6 is 24.8 Å². The number of rotatable bonds is 6. The molecule has 0 radical (unpaired) electrons. The lowest BCUT2D eigenvalue weighted by molar-refractivity contribution is -0.124. The summed E-state index contributed by atoms with van der Waals surface area (Å²) in [4.78, 5) is 19.7. The Bertz CT molecular complexity index is 751. The summed E-state index contributed by atoms with van der Waals surface area (Å²) >= 11 is 0. The molecule has 1 aromatic carbocycles. The maximum absolute atomic E-state index is 11.0. The number of amides is 1. The van der Waals surface area contributed by atoms with Gasteiger partial charge >= 0.3 is 0 Å². The molecule has 4 N–H and O–H groups in total. The fraction of sp³-hybridized carbons (Fsp3) is 0.316. The first-order valence-electron chi connectivity index (χ1n) is 8.66. The van der Waals surface area contributed by atoms with E-state index in [1.54, 1.807) is 12.4 Å². The topological polar surface area (TPSA) is 99.2 Å². The number of halogens is 2. The number of hydrogen-bond donors (Lipinski definition) is 4. The zero-order valence-corrected chi connectivity index (χ0v) is 16.9. The summed E-state index contributed by atoms with van der Waals surface area (Å²) in [5.41, 5.74) is 3.25. The van der Waals surface area contributed by atoms with E-state index in [9.17, 15) is 4.79 Å². The first-order valence-corrected chi connectivity index (χ1v) is 8.66. The molecule has 0 aliphatic carbocycles. The lowest BCUT2D eigenvalue weighted by Crippen LogP contribution is -2.53. The third-order valence-corrected chi connectivity index (χ3v) is 4.44. The molecule has 2 aromatic rings. The molecule has 1 saturated heterocycles. The van der Waals surface area contributed by atoms with Crippen LogP contribution < -0.4 is 16.1 Å². The molecular formula is C19H25Cl2N5O2. The molecule has 1 aliphatic heterocycles. The first-order chi connectivity index (χ1) is 12.7. The van der Waals surface area contributed by atoms with Crippen LogP contribution in [0.4, 0.5) is 5.82 Å². The number of hydrogen-bond acceptors (Lipinski definition) is 6. The molecule has 7 nitrogen and oxygen atoms in total. The molecule has 0 bridgehead atoms. The van der Waals surface area contributed by atoms with E-state index < -0.39 is 5.91 Å². The third-order valence-electron chi connectivity index (χ3n) is 4.44. The summed E-state index contributed by atoms with van der Waals surface area (Å²) in [7, 11) is 0. The van der Waals surface area contributed by atoms with Gasteiger partial charge in [0.25, 0.3) is 5.91 Å². The zero-order valence-electron chi connectivity index (χ0n) is 15.3. The molecule has 152 valence electrons. The Balaban J connectivity index is 0.00000196. The summed E-state index contributed by atoms with van der Waals surface area (Å²) in [5.74, 6) is 0.0949. The molecule has 0 unspecified atom stereocenters. The number of piperidine rings is 1. The fourth-order valence-corrected chi connectivity index (χ4v) is 3.21. The zero-order chi connectivity index (χ0) is 18.2. The van der Waals surface area contributed by atoms with Gasteiger partial charge in [-0.05, 0) is 37.4 Å². The van der Waals surface area contributed by atoms with Gasteiger partial charge in [0.15, 0.2) is 0 Å². The number of carbonyl (C=O) groups excluding carboxylic acids is 1. The van der Waals surface area contributed by atoms with Crippen molar-refractivity contribution in [2.45, 2.75) is 24.8 Å². The molecule has 3 rings (SSSR count). The van der Waals surface area contributed by atoms with E-state index in [1.807, 2.05) is 6.07 Å². The van der Waals surface area contributed by atoms with Gasteiger partial charge in [-0.1, -0.05) is 30.3 Å². The molecule has 1 fully saturated rings. The van der Waals surface area contributed by atoms with E-state index in [-0.39, 0.29) is 30.4 Å². The fourth-order valence-electron chi connectivity index (χ4n) is 3.21. The minimum atomic E-state index is -0.607. The van der Waals surface area contributed by atoms with E-state index in [1.165, 1.54) is 23.2 Å². The van der Waals surface area contributed by atoms with Crippen molar-refractivity contribution < 1.29 is 10.0 Å². The van der Waals surface area contributed by atoms with Gasteiger partial charge in [0.1, 0.15) is 5.82 Å². The first kappa shape index (κ1) is 23.8. The van der Waals surface area contributed by atoms with Crippen LogP contribution in [0.5, 0.6) is 0 Å². The Labute approximate surface area is 176 Å².